The van der Waals surface area contributed by atoms with Crippen molar-refractivity contribution in [3.8, 4) is 11.5 Å². The molecule has 0 radical (unpaired) electrons. The molecule has 1 unspecified atom stereocenters. The monoisotopic (exact) mass is 254 g/mol. The van der Waals surface area contributed by atoms with Crippen LogP contribution in [0, 0.1) is 5.92 Å². The fourth-order valence-electron chi connectivity index (χ4n) is 1.99. The molecule has 1 aliphatic heterocycles. The average Bonchev–Trinajstić information content (AvgIpc) is 2.50. The summed E-state index contributed by atoms with van der Waals surface area (Å²) >= 11 is 1.87. The van der Waals surface area contributed by atoms with Crippen LogP contribution in [0.25, 0.3) is 0 Å². The van der Waals surface area contributed by atoms with Gasteiger partial charge in [-0.15, -0.1) is 11.3 Å². The molecule has 3 heteroatoms. The highest BCUT2D eigenvalue weighted by Crippen LogP contribution is 2.48. The largest absolute Gasteiger partial charge is 0.488 e. The van der Waals surface area contributed by atoms with Gasteiger partial charge in [-0.25, -0.2) is 0 Å². The molecule has 2 heterocycles. The van der Waals surface area contributed by atoms with Crippen molar-refractivity contribution < 1.29 is 9.47 Å². The maximum absolute atomic E-state index is 5.92. The van der Waals surface area contributed by atoms with Crippen molar-refractivity contribution in [2.45, 2.75) is 46.5 Å². The highest BCUT2D eigenvalue weighted by atomic mass is 32.1. The van der Waals surface area contributed by atoms with E-state index in [0.29, 0.717) is 11.8 Å². The van der Waals surface area contributed by atoms with Crippen molar-refractivity contribution >= 4 is 11.3 Å². The Hall–Kier alpha value is -0.700. The molecular weight excluding hydrogens is 232 g/mol. The predicted octanol–water partition coefficient (Wildman–Crippen LogP) is 4.23. The van der Waals surface area contributed by atoms with Crippen molar-refractivity contribution in [3.05, 3.63) is 9.75 Å². The van der Waals surface area contributed by atoms with Gasteiger partial charge >= 0.3 is 0 Å². The summed E-state index contributed by atoms with van der Waals surface area (Å²) in [5.74, 6) is 3.23. The smallest absolute Gasteiger partial charge is 0.175 e. The van der Waals surface area contributed by atoms with Gasteiger partial charge in [-0.2, -0.15) is 0 Å². The van der Waals surface area contributed by atoms with Crippen molar-refractivity contribution in [3.63, 3.8) is 0 Å². The number of fused-ring (bicyclic) bond motifs is 1. The molecule has 96 valence electrons. The normalized spacial score (nSPS) is 17.0. The quantitative estimate of drug-likeness (QED) is 0.803. The van der Waals surface area contributed by atoms with E-state index in [1.807, 2.05) is 11.3 Å². The predicted molar refractivity (Wildman–Crippen MR) is 72.6 cm³/mol. The Balaban J connectivity index is 2.42. The van der Waals surface area contributed by atoms with Gasteiger partial charge in [0, 0.05) is 6.42 Å². The van der Waals surface area contributed by atoms with E-state index in [1.165, 1.54) is 9.75 Å². The van der Waals surface area contributed by atoms with Crippen LogP contribution < -0.4 is 9.47 Å². The van der Waals surface area contributed by atoms with Gasteiger partial charge in [-0.05, 0) is 18.3 Å². The Morgan fingerprint density at radius 1 is 1.12 bits per heavy atom. The van der Waals surface area contributed by atoms with Crippen LogP contribution in [0.4, 0.5) is 0 Å². The minimum absolute atomic E-state index is 0.538. The summed E-state index contributed by atoms with van der Waals surface area (Å²) in [5.41, 5.74) is 0. The van der Waals surface area contributed by atoms with E-state index < -0.39 is 0 Å². The molecule has 2 rings (SSSR count). The van der Waals surface area contributed by atoms with Crippen molar-refractivity contribution in [1.29, 1.82) is 0 Å². The molecule has 2 nitrogen and oxygen atoms in total. The molecule has 0 spiro atoms. The molecule has 0 fully saturated rings. The van der Waals surface area contributed by atoms with E-state index in [-0.39, 0.29) is 0 Å². The van der Waals surface area contributed by atoms with Gasteiger partial charge in [0.15, 0.2) is 11.5 Å². The summed E-state index contributed by atoms with van der Waals surface area (Å²) in [7, 11) is 0. The average molecular weight is 254 g/mol. The van der Waals surface area contributed by atoms with Gasteiger partial charge in [-0.1, -0.05) is 27.7 Å². The number of hydrogen-bond donors (Lipinski definition) is 0. The van der Waals surface area contributed by atoms with Gasteiger partial charge in [0.25, 0.3) is 0 Å². The Morgan fingerprint density at radius 2 is 1.76 bits per heavy atom. The van der Waals surface area contributed by atoms with Crippen LogP contribution in [0.2, 0.25) is 0 Å². The fourth-order valence-corrected chi connectivity index (χ4v) is 3.35. The summed E-state index contributed by atoms with van der Waals surface area (Å²) in [4.78, 5) is 2.71. The second-order valence-corrected chi connectivity index (χ2v) is 6.12. The lowest BCUT2D eigenvalue weighted by Crippen LogP contribution is -2.03. The molecule has 0 saturated heterocycles. The van der Waals surface area contributed by atoms with Crippen molar-refractivity contribution in [1.82, 2.24) is 0 Å². The first-order chi connectivity index (χ1) is 8.15. The van der Waals surface area contributed by atoms with Crippen LogP contribution in [-0.2, 0) is 6.42 Å². The minimum atomic E-state index is 0.538. The highest BCUT2D eigenvalue weighted by Gasteiger charge is 2.26. The molecule has 0 bridgehead atoms. The van der Waals surface area contributed by atoms with Gasteiger partial charge < -0.3 is 9.47 Å². The lowest BCUT2D eigenvalue weighted by atomic mass is 9.96. The summed E-state index contributed by atoms with van der Waals surface area (Å²) in [5, 5.41) is 0. The number of ether oxygens (including phenoxy) is 2. The zero-order valence-corrected chi connectivity index (χ0v) is 12.0. The number of hydrogen-bond acceptors (Lipinski definition) is 3. The lowest BCUT2D eigenvalue weighted by molar-refractivity contribution is 0.294. The van der Waals surface area contributed by atoms with E-state index in [0.717, 1.165) is 37.6 Å². The first-order valence-corrected chi connectivity index (χ1v) is 7.38. The first kappa shape index (κ1) is 12.7. The summed E-state index contributed by atoms with van der Waals surface area (Å²) in [6.45, 7) is 10.6. The van der Waals surface area contributed by atoms with Crippen LogP contribution in [0.15, 0.2) is 0 Å². The molecule has 1 aromatic heterocycles. The Bertz CT molecular complexity index is 382. The fraction of sp³-hybridized carbons (Fsp3) is 0.714. The zero-order valence-electron chi connectivity index (χ0n) is 11.2. The third kappa shape index (κ3) is 2.44. The second kappa shape index (κ2) is 5.30. The standard InChI is InChI=1S/C14H22O2S/c1-5-11-12-13(16-8-6-7-15-12)14(17-11)10(4)9(2)3/h9-10H,5-8H2,1-4H3. The maximum Gasteiger partial charge on any atom is 0.175 e. The molecule has 0 aliphatic carbocycles. The number of thiophene rings is 1. The van der Waals surface area contributed by atoms with E-state index >= 15 is 0 Å². The highest BCUT2D eigenvalue weighted by molar-refractivity contribution is 7.12. The number of aryl methyl sites for hydroxylation is 1. The Kier molecular flexibility index (Phi) is 3.97. The Labute approximate surface area is 108 Å². The van der Waals surface area contributed by atoms with Gasteiger partial charge in [-0.3, -0.25) is 0 Å². The summed E-state index contributed by atoms with van der Waals surface area (Å²) < 4.78 is 11.8. The molecular formula is C14H22O2S. The van der Waals surface area contributed by atoms with Crippen LogP contribution in [-0.4, -0.2) is 13.2 Å². The van der Waals surface area contributed by atoms with Crippen molar-refractivity contribution in [2.75, 3.05) is 13.2 Å². The minimum Gasteiger partial charge on any atom is -0.488 e. The first-order valence-electron chi connectivity index (χ1n) is 6.56. The van der Waals surface area contributed by atoms with Crippen LogP contribution in [0.1, 0.15) is 49.8 Å². The van der Waals surface area contributed by atoms with Crippen molar-refractivity contribution in [2.24, 2.45) is 5.92 Å². The topological polar surface area (TPSA) is 18.5 Å². The molecule has 1 aliphatic rings. The molecule has 0 saturated carbocycles. The third-order valence-electron chi connectivity index (χ3n) is 3.43. The summed E-state index contributed by atoms with van der Waals surface area (Å²) in [6, 6.07) is 0. The maximum atomic E-state index is 5.92. The Morgan fingerprint density at radius 3 is 2.35 bits per heavy atom. The molecule has 0 amide bonds. The molecule has 1 aromatic rings. The third-order valence-corrected chi connectivity index (χ3v) is 4.93. The van der Waals surface area contributed by atoms with Gasteiger partial charge in [0.1, 0.15) is 0 Å². The van der Waals surface area contributed by atoms with Gasteiger partial charge in [0.2, 0.25) is 0 Å². The van der Waals surface area contributed by atoms with E-state index in [1.54, 1.807) is 0 Å². The SMILES string of the molecule is CCc1sc(C(C)C(C)C)c2c1OCCCO2. The van der Waals surface area contributed by atoms with Crippen LogP contribution in [0.3, 0.4) is 0 Å². The van der Waals surface area contributed by atoms with E-state index in [2.05, 4.69) is 27.7 Å². The molecule has 0 aromatic carbocycles. The number of rotatable bonds is 3. The second-order valence-electron chi connectivity index (χ2n) is 4.98. The van der Waals surface area contributed by atoms with E-state index in [4.69, 9.17) is 9.47 Å². The lowest BCUT2D eigenvalue weighted by Gasteiger charge is -2.15. The molecule has 0 N–H and O–H groups in total. The van der Waals surface area contributed by atoms with Crippen LogP contribution in [0.5, 0.6) is 11.5 Å². The van der Waals surface area contributed by atoms with Gasteiger partial charge in [0.05, 0.1) is 23.0 Å². The molecule has 1 atom stereocenters. The molecule has 17 heavy (non-hydrogen) atoms. The van der Waals surface area contributed by atoms with Crippen LogP contribution >= 0.6 is 11.3 Å². The summed E-state index contributed by atoms with van der Waals surface area (Å²) in [6.07, 6.45) is 2.01. The zero-order chi connectivity index (χ0) is 12.4. The van der Waals surface area contributed by atoms with E-state index in [9.17, 15) is 0 Å².